The van der Waals surface area contributed by atoms with Crippen LogP contribution < -0.4 is 5.73 Å². The van der Waals surface area contributed by atoms with Gasteiger partial charge < -0.3 is 10.8 Å². The lowest BCUT2D eigenvalue weighted by molar-refractivity contribution is 0.475. The van der Waals surface area contributed by atoms with E-state index in [2.05, 4.69) is 4.98 Å². The molecule has 0 aliphatic rings. The lowest BCUT2D eigenvalue weighted by atomic mass is 9.98. The number of nitrogens with two attached hydrogens (primary N) is 1. The number of nitrogen functional groups attached to an aromatic ring is 1. The van der Waals surface area contributed by atoms with Crippen molar-refractivity contribution in [2.75, 3.05) is 5.73 Å². The van der Waals surface area contributed by atoms with Gasteiger partial charge in [0.05, 0.1) is 5.69 Å². The van der Waals surface area contributed by atoms with Crippen LogP contribution in [0.25, 0.3) is 22.4 Å². The molecule has 0 radical (unpaired) electrons. The second-order valence-electron chi connectivity index (χ2n) is 4.96. The number of nitrogens with zero attached hydrogens (tertiary/aromatic N) is 2. The number of nitriles is 1. The number of phenols is 1. The molecular formula is C18H12FN3O. The highest BCUT2D eigenvalue weighted by Gasteiger charge is 2.16. The summed E-state index contributed by atoms with van der Waals surface area (Å²) in [5.41, 5.74) is 7.73. The molecule has 1 aromatic heterocycles. The van der Waals surface area contributed by atoms with Crippen LogP contribution >= 0.6 is 0 Å². The highest BCUT2D eigenvalue weighted by Crippen LogP contribution is 2.33. The highest BCUT2D eigenvalue weighted by atomic mass is 19.1. The molecule has 23 heavy (non-hydrogen) atoms. The van der Waals surface area contributed by atoms with Crippen molar-refractivity contribution in [3.63, 3.8) is 0 Å². The Hall–Kier alpha value is -3.39. The summed E-state index contributed by atoms with van der Waals surface area (Å²) >= 11 is 0. The number of rotatable bonds is 2. The van der Waals surface area contributed by atoms with E-state index in [0.717, 1.165) is 0 Å². The van der Waals surface area contributed by atoms with Crippen molar-refractivity contribution >= 4 is 5.82 Å². The molecule has 0 saturated heterocycles. The van der Waals surface area contributed by atoms with Crippen molar-refractivity contribution in [2.45, 2.75) is 0 Å². The van der Waals surface area contributed by atoms with E-state index < -0.39 is 5.82 Å². The van der Waals surface area contributed by atoms with Crippen LogP contribution in [-0.2, 0) is 0 Å². The molecule has 0 unspecified atom stereocenters. The van der Waals surface area contributed by atoms with Gasteiger partial charge in [-0.25, -0.2) is 9.37 Å². The van der Waals surface area contributed by atoms with E-state index in [-0.39, 0.29) is 22.7 Å². The van der Waals surface area contributed by atoms with Crippen LogP contribution in [0.3, 0.4) is 0 Å². The lowest BCUT2D eigenvalue weighted by Crippen LogP contribution is -2.00. The molecule has 0 amide bonds. The maximum absolute atomic E-state index is 14.1. The fraction of sp³-hybridized carbons (Fsp3) is 0. The minimum Gasteiger partial charge on any atom is -0.508 e. The Bertz CT molecular complexity index is 932. The van der Waals surface area contributed by atoms with Gasteiger partial charge in [0.2, 0.25) is 0 Å². The van der Waals surface area contributed by atoms with Gasteiger partial charge in [0.15, 0.2) is 0 Å². The van der Waals surface area contributed by atoms with Crippen molar-refractivity contribution in [1.82, 2.24) is 4.98 Å². The van der Waals surface area contributed by atoms with Crippen LogP contribution in [0.5, 0.6) is 5.75 Å². The molecule has 0 spiro atoms. The quantitative estimate of drug-likeness (QED) is 0.756. The fourth-order valence-electron chi connectivity index (χ4n) is 2.39. The van der Waals surface area contributed by atoms with Crippen molar-refractivity contribution in [2.24, 2.45) is 0 Å². The predicted molar refractivity (Wildman–Crippen MR) is 85.9 cm³/mol. The monoisotopic (exact) mass is 305 g/mol. The third-order valence-electron chi connectivity index (χ3n) is 3.47. The molecule has 5 heteroatoms. The first kappa shape index (κ1) is 14.5. The third-order valence-corrected chi connectivity index (χ3v) is 3.47. The summed E-state index contributed by atoms with van der Waals surface area (Å²) in [6, 6.07) is 16.2. The van der Waals surface area contributed by atoms with E-state index in [1.54, 1.807) is 36.4 Å². The van der Waals surface area contributed by atoms with E-state index in [9.17, 15) is 14.8 Å². The smallest absolute Gasteiger partial charge is 0.142 e. The van der Waals surface area contributed by atoms with Crippen LogP contribution in [0.1, 0.15) is 5.56 Å². The van der Waals surface area contributed by atoms with Gasteiger partial charge in [-0.2, -0.15) is 5.26 Å². The number of anilines is 1. The van der Waals surface area contributed by atoms with Gasteiger partial charge in [-0.15, -0.1) is 0 Å². The minimum atomic E-state index is -0.448. The second-order valence-corrected chi connectivity index (χ2v) is 4.96. The van der Waals surface area contributed by atoms with Crippen LogP contribution in [-0.4, -0.2) is 10.1 Å². The Labute approximate surface area is 132 Å². The minimum absolute atomic E-state index is 0.0200. The molecule has 2 aromatic carbocycles. The summed E-state index contributed by atoms with van der Waals surface area (Å²) in [5.74, 6) is -0.345. The average Bonchev–Trinajstić information content (AvgIpc) is 2.54. The van der Waals surface area contributed by atoms with Gasteiger partial charge in [0.1, 0.15) is 29.0 Å². The number of halogens is 1. The third kappa shape index (κ3) is 2.70. The number of pyridine rings is 1. The predicted octanol–water partition coefficient (Wildman–Crippen LogP) is 3.71. The number of aromatic hydroxyl groups is 1. The molecule has 1 heterocycles. The van der Waals surface area contributed by atoms with Gasteiger partial charge in [-0.1, -0.05) is 30.3 Å². The number of aromatic nitrogens is 1. The Morgan fingerprint density at radius 2 is 1.83 bits per heavy atom. The first-order valence-electron chi connectivity index (χ1n) is 6.85. The molecule has 3 rings (SSSR count). The van der Waals surface area contributed by atoms with E-state index in [1.807, 2.05) is 6.07 Å². The molecule has 3 N–H and O–H groups in total. The van der Waals surface area contributed by atoms with Crippen LogP contribution in [0.4, 0.5) is 10.2 Å². The number of benzene rings is 2. The molecule has 0 aliphatic heterocycles. The normalized spacial score (nSPS) is 10.3. The Kier molecular flexibility index (Phi) is 3.65. The second kappa shape index (κ2) is 5.78. The van der Waals surface area contributed by atoms with Gasteiger partial charge in [0, 0.05) is 16.7 Å². The largest absolute Gasteiger partial charge is 0.508 e. The maximum Gasteiger partial charge on any atom is 0.142 e. The van der Waals surface area contributed by atoms with Crippen molar-refractivity contribution in [3.05, 3.63) is 66.0 Å². The van der Waals surface area contributed by atoms with E-state index in [1.165, 1.54) is 18.2 Å². The summed E-state index contributed by atoms with van der Waals surface area (Å²) in [4.78, 5) is 4.19. The van der Waals surface area contributed by atoms with Crippen molar-refractivity contribution in [1.29, 1.82) is 5.26 Å². The zero-order valence-corrected chi connectivity index (χ0v) is 12.0. The van der Waals surface area contributed by atoms with E-state index in [0.29, 0.717) is 16.8 Å². The molecule has 112 valence electrons. The molecule has 0 fully saturated rings. The summed E-state index contributed by atoms with van der Waals surface area (Å²) in [6.07, 6.45) is 0. The first-order valence-corrected chi connectivity index (χ1v) is 6.85. The van der Waals surface area contributed by atoms with Crippen molar-refractivity contribution in [3.8, 4) is 34.2 Å². The maximum atomic E-state index is 14.1. The lowest BCUT2D eigenvalue weighted by Gasteiger charge is -2.11. The zero-order chi connectivity index (χ0) is 16.4. The van der Waals surface area contributed by atoms with Gasteiger partial charge in [-0.3, -0.25) is 0 Å². The van der Waals surface area contributed by atoms with Crippen molar-refractivity contribution < 1.29 is 9.50 Å². The van der Waals surface area contributed by atoms with Crippen LogP contribution in [0, 0.1) is 17.1 Å². The standard InChI is InChI=1S/C18H12FN3O/c19-16-7-2-1-6-13(16)14-9-17(22-18(21)15(14)10-20)11-4-3-5-12(23)8-11/h1-9,23H,(H2,21,22). The topological polar surface area (TPSA) is 82.9 Å². The van der Waals surface area contributed by atoms with Crippen LogP contribution in [0.15, 0.2) is 54.6 Å². The van der Waals surface area contributed by atoms with E-state index >= 15 is 0 Å². The molecule has 0 atom stereocenters. The molecule has 0 saturated carbocycles. The Morgan fingerprint density at radius 3 is 2.52 bits per heavy atom. The zero-order valence-electron chi connectivity index (χ0n) is 12.0. The SMILES string of the molecule is N#Cc1c(-c2ccccc2F)cc(-c2cccc(O)c2)nc1N. The first-order chi connectivity index (χ1) is 11.1. The molecule has 0 bridgehead atoms. The summed E-state index contributed by atoms with van der Waals surface area (Å²) in [6.45, 7) is 0. The molecule has 0 aliphatic carbocycles. The summed E-state index contributed by atoms with van der Waals surface area (Å²) < 4.78 is 14.1. The van der Waals surface area contributed by atoms with Gasteiger partial charge in [0.25, 0.3) is 0 Å². The van der Waals surface area contributed by atoms with E-state index in [4.69, 9.17) is 5.73 Å². The van der Waals surface area contributed by atoms with Gasteiger partial charge >= 0.3 is 0 Å². The Morgan fingerprint density at radius 1 is 1.04 bits per heavy atom. The summed E-state index contributed by atoms with van der Waals surface area (Å²) in [7, 11) is 0. The average molecular weight is 305 g/mol. The summed E-state index contributed by atoms with van der Waals surface area (Å²) in [5, 5.41) is 18.9. The molecular weight excluding hydrogens is 293 g/mol. The highest BCUT2D eigenvalue weighted by molar-refractivity contribution is 5.80. The Balaban J connectivity index is 2.27. The number of hydrogen-bond donors (Lipinski definition) is 2. The number of phenolic OH excluding ortho intramolecular Hbond substituents is 1. The fourth-order valence-corrected chi connectivity index (χ4v) is 2.39. The molecule has 4 nitrogen and oxygen atoms in total. The molecule has 3 aromatic rings. The number of hydrogen-bond acceptors (Lipinski definition) is 4. The van der Waals surface area contributed by atoms with Crippen LogP contribution in [0.2, 0.25) is 0 Å². The van der Waals surface area contributed by atoms with Gasteiger partial charge in [-0.05, 0) is 24.3 Å².